The van der Waals surface area contributed by atoms with Crippen LogP contribution in [0.25, 0.3) is 0 Å². The van der Waals surface area contributed by atoms with Crippen LogP contribution in [0.5, 0.6) is 0 Å². The predicted molar refractivity (Wildman–Crippen MR) is 78.5 cm³/mol. The molecule has 1 aromatic rings. The van der Waals surface area contributed by atoms with Gasteiger partial charge >= 0.3 is 0 Å². The van der Waals surface area contributed by atoms with Gasteiger partial charge in [-0.25, -0.2) is 0 Å². The quantitative estimate of drug-likeness (QED) is 0.826. The zero-order chi connectivity index (χ0) is 14.1. The molecule has 3 heterocycles. The Morgan fingerprint density at radius 1 is 1.40 bits per heavy atom. The lowest BCUT2D eigenvalue weighted by atomic mass is 10.0. The number of hydrogen-bond acceptors (Lipinski definition) is 4. The van der Waals surface area contributed by atoms with E-state index in [0.717, 1.165) is 26.2 Å². The SMILES string of the molecule is CC(C)N(C)C[C@@H]1C[C@H]2CN(Cc3ccoc3)C[C@H]2O1. The maximum Gasteiger partial charge on any atom is 0.0947 e. The largest absolute Gasteiger partial charge is 0.472 e. The Bertz CT molecular complexity index is 404. The molecule has 2 aliphatic heterocycles. The first-order valence-corrected chi connectivity index (χ1v) is 7.71. The minimum absolute atomic E-state index is 0.425. The third-order valence-corrected chi connectivity index (χ3v) is 4.75. The van der Waals surface area contributed by atoms with Crippen LogP contribution in [0.15, 0.2) is 23.0 Å². The molecule has 0 saturated carbocycles. The van der Waals surface area contributed by atoms with Crippen molar-refractivity contribution in [2.24, 2.45) is 5.92 Å². The Hall–Kier alpha value is -0.840. The van der Waals surface area contributed by atoms with Crippen molar-refractivity contribution in [3.05, 3.63) is 24.2 Å². The summed E-state index contributed by atoms with van der Waals surface area (Å²) in [5.41, 5.74) is 1.26. The van der Waals surface area contributed by atoms with E-state index in [-0.39, 0.29) is 0 Å². The Labute approximate surface area is 121 Å². The van der Waals surface area contributed by atoms with Gasteiger partial charge in [-0.2, -0.15) is 0 Å². The van der Waals surface area contributed by atoms with Crippen LogP contribution in [0.4, 0.5) is 0 Å². The van der Waals surface area contributed by atoms with Gasteiger partial charge in [0.25, 0.3) is 0 Å². The van der Waals surface area contributed by atoms with Crippen LogP contribution in [-0.2, 0) is 11.3 Å². The number of furan rings is 1. The van der Waals surface area contributed by atoms with Crippen LogP contribution in [0.3, 0.4) is 0 Å². The lowest BCUT2D eigenvalue weighted by Gasteiger charge is -2.25. The number of likely N-dealkylation sites (tertiary alicyclic amines) is 1. The fraction of sp³-hybridized carbons (Fsp3) is 0.750. The van der Waals surface area contributed by atoms with E-state index in [1.807, 2.05) is 6.26 Å². The first-order valence-electron chi connectivity index (χ1n) is 7.71. The maximum absolute atomic E-state index is 6.25. The third kappa shape index (κ3) is 3.08. The van der Waals surface area contributed by atoms with Gasteiger partial charge in [-0.05, 0) is 33.4 Å². The van der Waals surface area contributed by atoms with Gasteiger partial charge in [-0.1, -0.05) is 0 Å². The van der Waals surface area contributed by atoms with Crippen molar-refractivity contribution >= 4 is 0 Å². The molecule has 0 aliphatic carbocycles. The maximum atomic E-state index is 6.25. The molecular weight excluding hydrogens is 252 g/mol. The minimum Gasteiger partial charge on any atom is -0.472 e. The molecule has 3 rings (SSSR count). The van der Waals surface area contributed by atoms with Gasteiger partial charge < -0.3 is 14.1 Å². The van der Waals surface area contributed by atoms with E-state index in [2.05, 4.69) is 36.8 Å². The first-order chi connectivity index (χ1) is 9.61. The summed E-state index contributed by atoms with van der Waals surface area (Å²) in [6.07, 6.45) is 5.67. The lowest BCUT2D eigenvalue weighted by molar-refractivity contribution is 0.0171. The molecule has 3 atom stereocenters. The van der Waals surface area contributed by atoms with Crippen molar-refractivity contribution in [1.82, 2.24) is 9.80 Å². The molecule has 0 amide bonds. The summed E-state index contributed by atoms with van der Waals surface area (Å²) < 4.78 is 11.4. The second-order valence-corrected chi connectivity index (χ2v) is 6.65. The highest BCUT2D eigenvalue weighted by molar-refractivity contribution is 5.06. The Balaban J connectivity index is 1.47. The summed E-state index contributed by atoms with van der Waals surface area (Å²) in [5, 5.41) is 0. The predicted octanol–water partition coefficient (Wildman–Crippen LogP) is 2.21. The van der Waals surface area contributed by atoms with Gasteiger partial charge in [0, 0.05) is 43.7 Å². The van der Waals surface area contributed by atoms with Crippen LogP contribution in [0, 0.1) is 5.92 Å². The lowest BCUT2D eigenvalue weighted by Crippen LogP contribution is -2.35. The highest BCUT2D eigenvalue weighted by atomic mass is 16.5. The van der Waals surface area contributed by atoms with Gasteiger partial charge in [-0.15, -0.1) is 0 Å². The molecule has 1 aromatic heterocycles. The fourth-order valence-corrected chi connectivity index (χ4v) is 3.37. The summed E-state index contributed by atoms with van der Waals surface area (Å²) in [5.74, 6) is 0.715. The van der Waals surface area contributed by atoms with E-state index in [0.29, 0.717) is 24.2 Å². The molecule has 0 radical (unpaired) electrons. The topological polar surface area (TPSA) is 28.9 Å². The number of hydrogen-bond donors (Lipinski definition) is 0. The van der Waals surface area contributed by atoms with Gasteiger partial charge in [0.15, 0.2) is 0 Å². The second kappa shape index (κ2) is 5.88. The number of likely N-dealkylation sites (N-methyl/N-ethyl adjacent to an activating group) is 1. The van der Waals surface area contributed by atoms with E-state index >= 15 is 0 Å². The zero-order valence-electron chi connectivity index (χ0n) is 12.8. The fourth-order valence-electron chi connectivity index (χ4n) is 3.37. The highest BCUT2D eigenvalue weighted by Crippen LogP contribution is 2.34. The van der Waals surface area contributed by atoms with E-state index in [1.54, 1.807) is 6.26 Å². The van der Waals surface area contributed by atoms with Crippen LogP contribution < -0.4 is 0 Å². The monoisotopic (exact) mass is 278 g/mol. The van der Waals surface area contributed by atoms with Gasteiger partial charge in [0.1, 0.15) is 0 Å². The average molecular weight is 278 g/mol. The minimum atomic E-state index is 0.425. The molecular formula is C16H26N2O2. The molecule has 2 aliphatic rings. The van der Waals surface area contributed by atoms with Crippen molar-refractivity contribution in [1.29, 1.82) is 0 Å². The second-order valence-electron chi connectivity index (χ2n) is 6.65. The van der Waals surface area contributed by atoms with Crippen molar-refractivity contribution < 1.29 is 9.15 Å². The molecule has 0 N–H and O–H groups in total. The molecule has 20 heavy (non-hydrogen) atoms. The molecule has 2 fully saturated rings. The standard InChI is InChI=1S/C16H26N2O2/c1-12(2)17(3)9-15-6-14-8-18(10-16(14)20-15)7-13-4-5-19-11-13/h4-5,11-12,14-16H,6-10H2,1-3H3/t14-,15-,16+/m0/s1. The third-order valence-electron chi connectivity index (χ3n) is 4.75. The van der Waals surface area contributed by atoms with Gasteiger partial charge in [0.05, 0.1) is 24.7 Å². The summed E-state index contributed by atoms with van der Waals surface area (Å²) >= 11 is 0. The van der Waals surface area contributed by atoms with E-state index in [9.17, 15) is 0 Å². The Morgan fingerprint density at radius 3 is 2.90 bits per heavy atom. The smallest absolute Gasteiger partial charge is 0.0947 e. The van der Waals surface area contributed by atoms with Crippen LogP contribution in [0.2, 0.25) is 0 Å². The number of nitrogens with zero attached hydrogens (tertiary/aromatic N) is 2. The first kappa shape index (κ1) is 14.1. The molecule has 112 valence electrons. The summed E-state index contributed by atoms with van der Waals surface area (Å²) in [6, 6.07) is 2.65. The molecule has 4 nitrogen and oxygen atoms in total. The van der Waals surface area contributed by atoms with Gasteiger partial charge in [-0.3, -0.25) is 4.90 Å². The normalized spacial score (nSPS) is 30.6. The zero-order valence-corrected chi connectivity index (χ0v) is 12.8. The molecule has 0 bridgehead atoms. The number of fused-ring (bicyclic) bond motifs is 1. The van der Waals surface area contributed by atoms with Crippen molar-refractivity contribution in [2.75, 3.05) is 26.7 Å². The average Bonchev–Trinajstić information content (AvgIpc) is 3.05. The molecule has 0 aromatic carbocycles. The number of ether oxygens (including phenoxy) is 1. The molecule has 2 saturated heterocycles. The van der Waals surface area contributed by atoms with Gasteiger partial charge in [0.2, 0.25) is 0 Å². The van der Waals surface area contributed by atoms with Crippen LogP contribution in [0.1, 0.15) is 25.8 Å². The van der Waals surface area contributed by atoms with Crippen LogP contribution in [-0.4, -0.2) is 54.7 Å². The van der Waals surface area contributed by atoms with Crippen LogP contribution >= 0.6 is 0 Å². The summed E-state index contributed by atoms with van der Waals surface area (Å²) in [6.45, 7) is 8.76. The van der Waals surface area contributed by atoms with E-state index < -0.39 is 0 Å². The summed E-state index contributed by atoms with van der Waals surface area (Å²) in [4.78, 5) is 4.87. The molecule has 0 unspecified atom stereocenters. The van der Waals surface area contributed by atoms with Crippen molar-refractivity contribution in [3.63, 3.8) is 0 Å². The Kier molecular flexibility index (Phi) is 4.15. The van der Waals surface area contributed by atoms with E-state index in [4.69, 9.17) is 9.15 Å². The molecule has 0 spiro atoms. The number of rotatable bonds is 5. The van der Waals surface area contributed by atoms with Crippen molar-refractivity contribution in [3.8, 4) is 0 Å². The van der Waals surface area contributed by atoms with Crippen molar-refractivity contribution in [2.45, 2.75) is 45.1 Å². The molecule has 4 heteroatoms. The Morgan fingerprint density at radius 2 is 2.25 bits per heavy atom. The van der Waals surface area contributed by atoms with E-state index in [1.165, 1.54) is 12.0 Å². The summed E-state index contributed by atoms with van der Waals surface area (Å²) in [7, 11) is 2.19. The highest BCUT2D eigenvalue weighted by Gasteiger charge is 2.42.